The summed E-state index contributed by atoms with van der Waals surface area (Å²) < 4.78 is 0. The van der Waals surface area contributed by atoms with Gasteiger partial charge in [-0.15, -0.1) is 0 Å². The van der Waals surface area contributed by atoms with Gasteiger partial charge < -0.3 is 15.7 Å². The van der Waals surface area contributed by atoms with Crippen LogP contribution in [0.5, 0.6) is 0 Å². The summed E-state index contributed by atoms with van der Waals surface area (Å²) in [4.78, 5) is 23.5. The van der Waals surface area contributed by atoms with Crippen molar-refractivity contribution < 1.29 is 14.7 Å². The average molecular weight is 256 g/mol. The SMILES string of the molecule is CCCC1(C(=O)N[C@@H](C(=O)O)C(C)C)CCNC1. The van der Waals surface area contributed by atoms with Crippen LogP contribution in [-0.4, -0.2) is 36.1 Å². The van der Waals surface area contributed by atoms with Gasteiger partial charge in [0.25, 0.3) is 0 Å². The lowest BCUT2D eigenvalue weighted by Gasteiger charge is -2.29. The fraction of sp³-hybridized carbons (Fsp3) is 0.846. The van der Waals surface area contributed by atoms with Crippen molar-refractivity contribution in [3.63, 3.8) is 0 Å². The molecule has 1 rings (SSSR count). The Morgan fingerprint density at radius 3 is 2.50 bits per heavy atom. The van der Waals surface area contributed by atoms with Crippen molar-refractivity contribution in [2.24, 2.45) is 11.3 Å². The standard InChI is InChI=1S/C13H24N2O3/c1-4-5-13(6-7-14-8-13)12(18)15-10(9(2)3)11(16)17/h9-10,14H,4-8H2,1-3H3,(H,15,18)(H,16,17)/t10-,13?/m1/s1. The molecule has 1 unspecified atom stereocenters. The highest BCUT2D eigenvalue weighted by molar-refractivity contribution is 5.88. The summed E-state index contributed by atoms with van der Waals surface area (Å²) in [6.45, 7) is 7.13. The van der Waals surface area contributed by atoms with E-state index in [0.29, 0.717) is 6.54 Å². The van der Waals surface area contributed by atoms with Crippen LogP contribution in [0, 0.1) is 11.3 Å². The van der Waals surface area contributed by atoms with Crippen LogP contribution in [-0.2, 0) is 9.59 Å². The molecular formula is C13H24N2O3. The number of carboxylic acids is 1. The van der Waals surface area contributed by atoms with E-state index >= 15 is 0 Å². The highest BCUT2D eigenvalue weighted by Crippen LogP contribution is 2.31. The van der Waals surface area contributed by atoms with Crippen LogP contribution in [0.25, 0.3) is 0 Å². The van der Waals surface area contributed by atoms with E-state index in [0.717, 1.165) is 25.8 Å². The van der Waals surface area contributed by atoms with E-state index in [-0.39, 0.29) is 11.8 Å². The number of nitrogens with one attached hydrogen (secondary N) is 2. The maximum absolute atomic E-state index is 12.4. The number of carboxylic acid groups (broad SMARTS) is 1. The topological polar surface area (TPSA) is 78.4 Å². The largest absolute Gasteiger partial charge is 0.480 e. The molecule has 0 aromatic rings. The van der Waals surface area contributed by atoms with Crippen LogP contribution in [0.2, 0.25) is 0 Å². The quantitative estimate of drug-likeness (QED) is 0.662. The normalized spacial score (nSPS) is 25.1. The first-order valence-corrected chi connectivity index (χ1v) is 6.67. The number of amides is 1. The summed E-state index contributed by atoms with van der Waals surface area (Å²) in [5, 5.41) is 15.0. The summed E-state index contributed by atoms with van der Waals surface area (Å²) in [6, 6.07) is -0.799. The Labute approximate surface area is 108 Å². The first-order chi connectivity index (χ1) is 8.43. The lowest BCUT2D eigenvalue weighted by atomic mass is 9.81. The van der Waals surface area contributed by atoms with Crippen LogP contribution < -0.4 is 10.6 Å². The minimum absolute atomic E-state index is 0.112. The van der Waals surface area contributed by atoms with Crippen molar-refractivity contribution in [1.29, 1.82) is 0 Å². The summed E-state index contributed by atoms with van der Waals surface area (Å²) in [6.07, 6.45) is 2.52. The number of carbonyl (C=O) groups excluding carboxylic acids is 1. The van der Waals surface area contributed by atoms with Gasteiger partial charge >= 0.3 is 5.97 Å². The number of rotatable bonds is 6. The van der Waals surface area contributed by atoms with Crippen LogP contribution in [0.3, 0.4) is 0 Å². The lowest BCUT2D eigenvalue weighted by Crippen LogP contribution is -2.51. The smallest absolute Gasteiger partial charge is 0.326 e. The molecule has 0 radical (unpaired) electrons. The average Bonchev–Trinajstić information content (AvgIpc) is 2.75. The van der Waals surface area contributed by atoms with Crippen molar-refractivity contribution in [1.82, 2.24) is 10.6 Å². The van der Waals surface area contributed by atoms with E-state index < -0.39 is 17.4 Å². The monoisotopic (exact) mass is 256 g/mol. The van der Waals surface area contributed by atoms with Gasteiger partial charge in [0.2, 0.25) is 5.91 Å². The number of hydrogen-bond donors (Lipinski definition) is 3. The molecule has 1 aliphatic rings. The molecule has 0 aromatic heterocycles. The molecule has 1 aliphatic heterocycles. The lowest BCUT2D eigenvalue weighted by molar-refractivity contribution is -0.145. The van der Waals surface area contributed by atoms with E-state index in [2.05, 4.69) is 10.6 Å². The van der Waals surface area contributed by atoms with Crippen LogP contribution in [0.15, 0.2) is 0 Å². The van der Waals surface area contributed by atoms with Gasteiger partial charge in [-0.2, -0.15) is 0 Å². The summed E-state index contributed by atoms with van der Waals surface area (Å²) >= 11 is 0. The van der Waals surface area contributed by atoms with Crippen molar-refractivity contribution in [2.45, 2.75) is 46.1 Å². The maximum Gasteiger partial charge on any atom is 0.326 e. The molecule has 3 N–H and O–H groups in total. The number of aliphatic carboxylic acids is 1. The molecule has 5 heteroatoms. The summed E-state index contributed by atoms with van der Waals surface area (Å²) in [5.74, 6) is -1.19. The molecule has 1 heterocycles. The van der Waals surface area contributed by atoms with Gasteiger partial charge in [0, 0.05) is 6.54 Å². The highest BCUT2D eigenvalue weighted by Gasteiger charge is 2.41. The summed E-state index contributed by atoms with van der Waals surface area (Å²) in [7, 11) is 0. The second kappa shape index (κ2) is 6.18. The molecule has 18 heavy (non-hydrogen) atoms. The minimum Gasteiger partial charge on any atom is -0.480 e. The van der Waals surface area contributed by atoms with Crippen molar-refractivity contribution in [3.8, 4) is 0 Å². The van der Waals surface area contributed by atoms with Gasteiger partial charge in [-0.1, -0.05) is 27.2 Å². The highest BCUT2D eigenvalue weighted by atomic mass is 16.4. The van der Waals surface area contributed by atoms with E-state index in [1.54, 1.807) is 13.8 Å². The Kier molecular flexibility index (Phi) is 5.14. The number of hydrogen-bond acceptors (Lipinski definition) is 3. The van der Waals surface area contributed by atoms with Gasteiger partial charge in [0.1, 0.15) is 6.04 Å². The van der Waals surface area contributed by atoms with Crippen molar-refractivity contribution in [3.05, 3.63) is 0 Å². The molecule has 0 aliphatic carbocycles. The molecule has 2 atom stereocenters. The van der Waals surface area contributed by atoms with Gasteiger partial charge in [0.15, 0.2) is 0 Å². The first-order valence-electron chi connectivity index (χ1n) is 6.67. The van der Waals surface area contributed by atoms with Gasteiger partial charge in [-0.3, -0.25) is 4.79 Å². The third-order valence-electron chi connectivity index (χ3n) is 3.67. The second-order valence-corrected chi connectivity index (χ2v) is 5.49. The third kappa shape index (κ3) is 3.22. The second-order valence-electron chi connectivity index (χ2n) is 5.49. The molecule has 0 spiro atoms. The van der Waals surface area contributed by atoms with Gasteiger partial charge in [0.05, 0.1) is 5.41 Å². The molecule has 0 saturated carbocycles. The molecule has 5 nitrogen and oxygen atoms in total. The first kappa shape index (κ1) is 15.0. The molecule has 104 valence electrons. The summed E-state index contributed by atoms with van der Waals surface area (Å²) in [5.41, 5.74) is -0.419. The van der Waals surface area contributed by atoms with Crippen molar-refractivity contribution >= 4 is 11.9 Å². The van der Waals surface area contributed by atoms with Gasteiger partial charge in [-0.05, 0) is 25.3 Å². The maximum atomic E-state index is 12.4. The van der Waals surface area contributed by atoms with E-state index in [1.807, 2.05) is 6.92 Å². The fourth-order valence-corrected chi connectivity index (χ4v) is 2.55. The zero-order valence-corrected chi connectivity index (χ0v) is 11.5. The number of carbonyl (C=O) groups is 2. The zero-order valence-electron chi connectivity index (χ0n) is 11.5. The molecule has 1 amide bonds. The Morgan fingerprint density at radius 2 is 2.11 bits per heavy atom. The minimum atomic E-state index is -0.962. The van der Waals surface area contributed by atoms with E-state index in [4.69, 9.17) is 5.11 Å². The Morgan fingerprint density at radius 1 is 1.44 bits per heavy atom. The van der Waals surface area contributed by atoms with Crippen LogP contribution in [0.4, 0.5) is 0 Å². The molecule has 1 saturated heterocycles. The van der Waals surface area contributed by atoms with E-state index in [9.17, 15) is 9.59 Å². The van der Waals surface area contributed by atoms with Gasteiger partial charge in [-0.25, -0.2) is 4.79 Å². The molecule has 0 bridgehead atoms. The molecule has 1 fully saturated rings. The zero-order chi connectivity index (χ0) is 13.8. The van der Waals surface area contributed by atoms with Crippen LogP contribution in [0.1, 0.15) is 40.0 Å². The Bertz CT molecular complexity index is 309. The predicted octanol–water partition coefficient (Wildman–Crippen LogP) is 0.992. The van der Waals surface area contributed by atoms with Crippen LogP contribution >= 0.6 is 0 Å². The molecule has 0 aromatic carbocycles. The fourth-order valence-electron chi connectivity index (χ4n) is 2.55. The molecular weight excluding hydrogens is 232 g/mol. The Hall–Kier alpha value is -1.10. The Balaban J connectivity index is 2.75. The van der Waals surface area contributed by atoms with E-state index in [1.165, 1.54) is 0 Å². The van der Waals surface area contributed by atoms with Crippen molar-refractivity contribution in [2.75, 3.05) is 13.1 Å². The predicted molar refractivity (Wildman–Crippen MR) is 69.2 cm³/mol. The third-order valence-corrected chi connectivity index (χ3v) is 3.67.